The molecule has 1 saturated heterocycles. The van der Waals surface area contributed by atoms with Crippen LogP contribution in [0.2, 0.25) is 0 Å². The van der Waals surface area contributed by atoms with E-state index in [1.54, 1.807) is 14.2 Å². The molecule has 2 rings (SSSR count). The zero-order valence-corrected chi connectivity index (χ0v) is 11.3. The molecule has 0 amide bonds. The molecule has 0 unspecified atom stereocenters. The topological polar surface area (TPSA) is 59.0 Å². The molecule has 5 nitrogen and oxygen atoms in total. The highest BCUT2D eigenvalue weighted by atomic mass is 16.7. The maximum Gasteiger partial charge on any atom is 0.307 e. The molecule has 0 atom stereocenters. The van der Waals surface area contributed by atoms with E-state index in [4.69, 9.17) is 14.6 Å². The van der Waals surface area contributed by atoms with Gasteiger partial charge in [0.25, 0.3) is 0 Å². The van der Waals surface area contributed by atoms with E-state index in [2.05, 4.69) is 4.90 Å². The van der Waals surface area contributed by atoms with Gasteiger partial charge in [0.2, 0.25) is 0 Å². The molecule has 0 aliphatic carbocycles. The molecule has 1 fully saturated rings. The number of aliphatic carboxylic acids is 1. The molecule has 1 N–H and O–H groups in total. The van der Waals surface area contributed by atoms with Crippen LogP contribution in [-0.2, 0) is 27.2 Å². The van der Waals surface area contributed by atoms with E-state index in [0.717, 1.165) is 17.7 Å². The van der Waals surface area contributed by atoms with Crippen LogP contribution in [0.4, 0.5) is 0 Å². The van der Waals surface area contributed by atoms with Crippen molar-refractivity contribution >= 4 is 5.97 Å². The highest BCUT2D eigenvalue weighted by Crippen LogP contribution is 2.27. The van der Waals surface area contributed by atoms with Crippen molar-refractivity contribution in [3.05, 3.63) is 35.4 Å². The van der Waals surface area contributed by atoms with Crippen LogP contribution in [-0.4, -0.2) is 49.1 Å². The number of carboxylic acid groups (broad SMARTS) is 1. The Kier molecular flexibility index (Phi) is 4.19. The average molecular weight is 265 g/mol. The fourth-order valence-corrected chi connectivity index (χ4v) is 2.38. The van der Waals surface area contributed by atoms with Gasteiger partial charge in [-0.15, -0.1) is 0 Å². The fourth-order valence-electron chi connectivity index (χ4n) is 2.38. The summed E-state index contributed by atoms with van der Waals surface area (Å²) in [6.45, 7) is 2.11. The molecule has 0 bridgehead atoms. The Hall–Kier alpha value is -1.43. The van der Waals surface area contributed by atoms with Gasteiger partial charge in [-0.1, -0.05) is 24.3 Å². The molecule has 1 aromatic rings. The van der Waals surface area contributed by atoms with Crippen molar-refractivity contribution in [2.24, 2.45) is 0 Å². The molecule has 1 heterocycles. The van der Waals surface area contributed by atoms with Crippen LogP contribution in [0.15, 0.2) is 24.3 Å². The summed E-state index contributed by atoms with van der Waals surface area (Å²) in [5, 5.41) is 8.90. The van der Waals surface area contributed by atoms with Crippen LogP contribution in [0.3, 0.4) is 0 Å². The van der Waals surface area contributed by atoms with E-state index in [1.807, 2.05) is 24.3 Å². The van der Waals surface area contributed by atoms with E-state index in [1.165, 1.54) is 0 Å². The Morgan fingerprint density at radius 3 is 2.37 bits per heavy atom. The van der Waals surface area contributed by atoms with Gasteiger partial charge in [-0.2, -0.15) is 0 Å². The number of benzene rings is 1. The highest BCUT2D eigenvalue weighted by molar-refractivity contribution is 5.70. The number of ether oxygens (including phenoxy) is 2. The number of nitrogens with zero attached hydrogens (tertiary/aromatic N) is 1. The lowest BCUT2D eigenvalue weighted by molar-refractivity contribution is -0.277. The van der Waals surface area contributed by atoms with Gasteiger partial charge < -0.3 is 14.6 Å². The number of carboxylic acids is 1. The molecule has 5 heteroatoms. The number of hydrogen-bond acceptors (Lipinski definition) is 4. The molecular weight excluding hydrogens is 246 g/mol. The highest BCUT2D eigenvalue weighted by Gasteiger charge is 2.43. The summed E-state index contributed by atoms with van der Waals surface area (Å²) in [4.78, 5) is 13.0. The number of methoxy groups -OCH3 is 2. The van der Waals surface area contributed by atoms with Gasteiger partial charge in [-0.05, 0) is 11.1 Å². The van der Waals surface area contributed by atoms with Crippen molar-refractivity contribution < 1.29 is 19.4 Å². The lowest BCUT2D eigenvalue weighted by atomic mass is 10.0. The number of rotatable bonds is 6. The summed E-state index contributed by atoms with van der Waals surface area (Å²) in [6, 6.07) is 7.63. The van der Waals surface area contributed by atoms with Crippen LogP contribution in [0.25, 0.3) is 0 Å². The van der Waals surface area contributed by atoms with Gasteiger partial charge in [0.15, 0.2) is 5.79 Å². The summed E-state index contributed by atoms with van der Waals surface area (Å²) in [7, 11) is 3.28. The minimum atomic E-state index is -0.806. The van der Waals surface area contributed by atoms with Crippen molar-refractivity contribution in [2.45, 2.75) is 18.8 Å². The Balaban J connectivity index is 1.99. The molecule has 1 aliphatic heterocycles. The van der Waals surface area contributed by atoms with Gasteiger partial charge in [0.05, 0.1) is 19.5 Å². The van der Waals surface area contributed by atoms with Crippen molar-refractivity contribution in [2.75, 3.05) is 27.3 Å². The van der Waals surface area contributed by atoms with Crippen LogP contribution in [0, 0.1) is 0 Å². The maximum atomic E-state index is 10.8. The normalized spacial score (nSPS) is 18.0. The maximum absolute atomic E-state index is 10.8. The average Bonchev–Trinajstić information content (AvgIpc) is 2.35. The molecule has 1 aromatic carbocycles. The van der Waals surface area contributed by atoms with E-state index in [9.17, 15) is 4.79 Å². The SMILES string of the molecule is COC1(OC)CN(Cc2ccccc2CC(=O)O)C1. The number of hydrogen-bond donors (Lipinski definition) is 1. The first-order valence-corrected chi connectivity index (χ1v) is 6.20. The van der Waals surface area contributed by atoms with E-state index in [0.29, 0.717) is 13.1 Å². The van der Waals surface area contributed by atoms with Crippen LogP contribution < -0.4 is 0 Å². The minimum Gasteiger partial charge on any atom is -0.481 e. The first kappa shape index (κ1) is 14.0. The summed E-state index contributed by atoms with van der Waals surface area (Å²) < 4.78 is 10.7. The lowest BCUT2D eigenvalue weighted by Crippen LogP contribution is -2.63. The lowest BCUT2D eigenvalue weighted by Gasteiger charge is -2.47. The predicted octanol–water partition coefficient (Wildman–Crippen LogP) is 1.12. The van der Waals surface area contributed by atoms with Crippen molar-refractivity contribution in [1.82, 2.24) is 4.90 Å². The van der Waals surface area contributed by atoms with Crippen molar-refractivity contribution in [3.8, 4) is 0 Å². The van der Waals surface area contributed by atoms with Crippen molar-refractivity contribution in [1.29, 1.82) is 0 Å². The Morgan fingerprint density at radius 1 is 1.26 bits per heavy atom. The molecule has 19 heavy (non-hydrogen) atoms. The van der Waals surface area contributed by atoms with Gasteiger partial charge in [-0.3, -0.25) is 9.69 Å². The van der Waals surface area contributed by atoms with E-state index >= 15 is 0 Å². The third-order valence-corrected chi connectivity index (χ3v) is 3.53. The summed E-state index contributed by atoms with van der Waals surface area (Å²) in [6.07, 6.45) is 0.0592. The third-order valence-electron chi connectivity index (χ3n) is 3.53. The monoisotopic (exact) mass is 265 g/mol. The zero-order valence-electron chi connectivity index (χ0n) is 11.3. The van der Waals surface area contributed by atoms with Crippen LogP contribution in [0.1, 0.15) is 11.1 Å². The number of carbonyl (C=O) groups is 1. The predicted molar refractivity (Wildman–Crippen MR) is 69.8 cm³/mol. The largest absolute Gasteiger partial charge is 0.481 e. The molecule has 0 aromatic heterocycles. The van der Waals surface area contributed by atoms with Crippen LogP contribution in [0.5, 0.6) is 0 Å². The Labute approximate surface area is 112 Å². The quantitative estimate of drug-likeness (QED) is 0.781. The second-order valence-electron chi connectivity index (χ2n) is 4.80. The van der Waals surface area contributed by atoms with Gasteiger partial charge >= 0.3 is 5.97 Å². The zero-order chi connectivity index (χ0) is 13.9. The first-order chi connectivity index (χ1) is 9.08. The second-order valence-corrected chi connectivity index (χ2v) is 4.80. The summed E-state index contributed by atoms with van der Waals surface area (Å²) in [5.41, 5.74) is 1.91. The standard InChI is InChI=1S/C14H19NO4/c1-18-14(19-2)9-15(10-14)8-12-6-4-3-5-11(12)7-13(16)17/h3-6H,7-10H2,1-2H3,(H,16,17). The van der Waals surface area contributed by atoms with Gasteiger partial charge in [0, 0.05) is 20.8 Å². The van der Waals surface area contributed by atoms with Crippen LogP contribution >= 0.6 is 0 Å². The van der Waals surface area contributed by atoms with Gasteiger partial charge in [0.1, 0.15) is 0 Å². The molecule has 0 spiro atoms. The van der Waals surface area contributed by atoms with Gasteiger partial charge in [-0.25, -0.2) is 0 Å². The number of likely N-dealkylation sites (tertiary alicyclic amines) is 1. The third kappa shape index (κ3) is 3.12. The fraction of sp³-hybridized carbons (Fsp3) is 0.500. The minimum absolute atomic E-state index is 0.0592. The molecular formula is C14H19NO4. The first-order valence-electron chi connectivity index (χ1n) is 6.20. The Bertz CT molecular complexity index is 449. The van der Waals surface area contributed by atoms with E-state index < -0.39 is 11.8 Å². The summed E-state index contributed by atoms with van der Waals surface area (Å²) >= 11 is 0. The molecule has 1 aliphatic rings. The summed E-state index contributed by atoms with van der Waals surface area (Å²) in [5.74, 6) is -1.30. The molecule has 0 radical (unpaired) electrons. The second kappa shape index (κ2) is 5.69. The Morgan fingerprint density at radius 2 is 1.84 bits per heavy atom. The smallest absolute Gasteiger partial charge is 0.307 e. The molecule has 0 saturated carbocycles. The van der Waals surface area contributed by atoms with Crippen molar-refractivity contribution in [3.63, 3.8) is 0 Å². The molecule has 104 valence electrons. The van der Waals surface area contributed by atoms with E-state index in [-0.39, 0.29) is 6.42 Å².